The molecule has 1 N–H and O–H groups in total. The highest BCUT2D eigenvalue weighted by atomic mass is 32.1. The van der Waals surface area contributed by atoms with Gasteiger partial charge in [0, 0.05) is 36.0 Å². The summed E-state index contributed by atoms with van der Waals surface area (Å²) >= 11 is 1.58. The molecule has 0 bridgehead atoms. The predicted octanol–water partition coefficient (Wildman–Crippen LogP) is 3.76. The van der Waals surface area contributed by atoms with E-state index in [-0.39, 0.29) is 17.4 Å². The van der Waals surface area contributed by atoms with Crippen LogP contribution in [0.25, 0.3) is 11.3 Å². The number of aromatic nitrogens is 2. The summed E-state index contributed by atoms with van der Waals surface area (Å²) in [4.78, 5) is 34.5. The Hall–Kier alpha value is -2.73. The van der Waals surface area contributed by atoms with Crippen LogP contribution in [0.5, 0.6) is 0 Å². The van der Waals surface area contributed by atoms with Gasteiger partial charge < -0.3 is 9.88 Å². The van der Waals surface area contributed by atoms with Gasteiger partial charge in [-0.1, -0.05) is 29.8 Å². The van der Waals surface area contributed by atoms with E-state index in [2.05, 4.69) is 11.1 Å². The maximum Gasteiger partial charge on any atom is 0.251 e. The number of carbonyl (C=O) groups is 1. The smallest absolute Gasteiger partial charge is 0.251 e. The van der Waals surface area contributed by atoms with Crippen LogP contribution in [-0.4, -0.2) is 33.9 Å². The monoisotopic (exact) mass is 393 g/mol. The lowest BCUT2D eigenvalue weighted by atomic mass is 9.96. The van der Waals surface area contributed by atoms with E-state index in [1.54, 1.807) is 11.3 Å². The van der Waals surface area contributed by atoms with E-state index in [0.29, 0.717) is 24.5 Å². The van der Waals surface area contributed by atoms with Crippen LogP contribution in [0.2, 0.25) is 0 Å². The van der Waals surface area contributed by atoms with Crippen LogP contribution in [-0.2, 0) is 11.2 Å². The fraction of sp³-hybridized carbons (Fsp3) is 0.318. The zero-order valence-corrected chi connectivity index (χ0v) is 16.7. The third-order valence-electron chi connectivity index (χ3n) is 5.18. The van der Waals surface area contributed by atoms with Crippen LogP contribution in [0.1, 0.15) is 35.7 Å². The van der Waals surface area contributed by atoms with Crippen molar-refractivity contribution in [2.45, 2.75) is 32.1 Å². The van der Waals surface area contributed by atoms with Crippen LogP contribution in [0.4, 0.5) is 0 Å². The molecule has 28 heavy (non-hydrogen) atoms. The second kappa shape index (κ2) is 8.10. The summed E-state index contributed by atoms with van der Waals surface area (Å²) in [5.74, 6) is 0.870. The lowest BCUT2D eigenvalue weighted by molar-refractivity contribution is -0.131. The number of hydrogen-bond acceptors (Lipinski definition) is 4. The summed E-state index contributed by atoms with van der Waals surface area (Å²) in [5.41, 5.74) is 3.71. The third kappa shape index (κ3) is 4.22. The van der Waals surface area contributed by atoms with Crippen molar-refractivity contribution in [1.29, 1.82) is 0 Å². The van der Waals surface area contributed by atoms with Crippen molar-refractivity contribution in [3.05, 3.63) is 74.5 Å². The molecule has 4 rings (SSSR count). The highest BCUT2D eigenvalue weighted by molar-refractivity contribution is 7.08. The van der Waals surface area contributed by atoms with Gasteiger partial charge in [0.15, 0.2) is 0 Å². The summed E-state index contributed by atoms with van der Waals surface area (Å²) in [6, 6.07) is 11.6. The normalized spacial score (nSPS) is 16.9. The average molecular weight is 394 g/mol. The van der Waals surface area contributed by atoms with Crippen molar-refractivity contribution in [1.82, 2.24) is 14.9 Å². The number of carbonyl (C=O) groups excluding carboxylic acids is 1. The lowest BCUT2D eigenvalue weighted by Gasteiger charge is -2.32. The number of likely N-dealkylation sites (tertiary alicyclic amines) is 1. The Morgan fingerprint density at radius 2 is 2.21 bits per heavy atom. The molecule has 3 heterocycles. The Bertz CT molecular complexity index is 1030. The Kier molecular flexibility index (Phi) is 5.39. The van der Waals surface area contributed by atoms with Crippen LogP contribution in [0.15, 0.2) is 52.0 Å². The molecule has 0 aliphatic carbocycles. The number of benzene rings is 1. The molecule has 1 saturated heterocycles. The Morgan fingerprint density at radius 1 is 1.32 bits per heavy atom. The van der Waals surface area contributed by atoms with Gasteiger partial charge in [0.05, 0.1) is 12.1 Å². The van der Waals surface area contributed by atoms with E-state index in [9.17, 15) is 9.59 Å². The van der Waals surface area contributed by atoms with Crippen molar-refractivity contribution in [2.75, 3.05) is 13.1 Å². The van der Waals surface area contributed by atoms with E-state index in [4.69, 9.17) is 4.98 Å². The maximum atomic E-state index is 12.8. The quantitative estimate of drug-likeness (QED) is 0.734. The first-order chi connectivity index (χ1) is 13.6. The summed E-state index contributed by atoms with van der Waals surface area (Å²) in [5, 5.41) is 3.97. The molecule has 144 valence electrons. The number of nitrogens with zero attached hydrogens (tertiary/aromatic N) is 2. The van der Waals surface area contributed by atoms with Gasteiger partial charge in [-0.05, 0) is 36.8 Å². The van der Waals surface area contributed by atoms with Gasteiger partial charge in [-0.15, -0.1) is 0 Å². The van der Waals surface area contributed by atoms with Crippen LogP contribution >= 0.6 is 11.3 Å². The van der Waals surface area contributed by atoms with Gasteiger partial charge in [-0.3, -0.25) is 9.59 Å². The number of thiophene rings is 1. The molecule has 1 atom stereocenters. The molecule has 2 aromatic heterocycles. The Morgan fingerprint density at radius 3 is 3.00 bits per heavy atom. The first-order valence-corrected chi connectivity index (χ1v) is 10.5. The van der Waals surface area contributed by atoms with Crippen molar-refractivity contribution in [2.24, 2.45) is 0 Å². The molecule has 1 amide bonds. The molecule has 3 aromatic rings. The molecule has 5 nitrogen and oxygen atoms in total. The zero-order valence-electron chi connectivity index (χ0n) is 15.9. The molecule has 1 aliphatic rings. The van der Waals surface area contributed by atoms with Gasteiger partial charge >= 0.3 is 0 Å². The molecular formula is C22H23N3O2S. The van der Waals surface area contributed by atoms with Crippen molar-refractivity contribution in [3.8, 4) is 11.3 Å². The topological polar surface area (TPSA) is 66.1 Å². The van der Waals surface area contributed by atoms with Gasteiger partial charge in [-0.25, -0.2) is 4.98 Å². The fourth-order valence-corrected chi connectivity index (χ4v) is 4.41. The van der Waals surface area contributed by atoms with E-state index >= 15 is 0 Å². The second-order valence-corrected chi connectivity index (χ2v) is 8.15. The largest absolute Gasteiger partial charge is 0.342 e. The molecule has 0 saturated carbocycles. The predicted molar refractivity (Wildman–Crippen MR) is 112 cm³/mol. The highest BCUT2D eigenvalue weighted by Gasteiger charge is 2.26. The van der Waals surface area contributed by atoms with Gasteiger partial charge in [0.25, 0.3) is 5.56 Å². The number of rotatable bonds is 4. The molecule has 0 unspecified atom stereocenters. The molecule has 1 aliphatic heterocycles. The maximum absolute atomic E-state index is 12.8. The van der Waals surface area contributed by atoms with E-state index in [0.717, 1.165) is 36.1 Å². The minimum Gasteiger partial charge on any atom is -0.342 e. The van der Waals surface area contributed by atoms with E-state index in [1.165, 1.54) is 6.07 Å². The number of hydrogen-bond donors (Lipinski definition) is 1. The number of H-pyrrole nitrogens is 1. The van der Waals surface area contributed by atoms with Gasteiger partial charge in [0.2, 0.25) is 5.91 Å². The number of nitrogens with one attached hydrogen (secondary N) is 1. The van der Waals surface area contributed by atoms with Crippen LogP contribution < -0.4 is 5.56 Å². The van der Waals surface area contributed by atoms with Crippen LogP contribution in [0.3, 0.4) is 0 Å². The molecule has 1 aromatic carbocycles. The molecule has 0 spiro atoms. The standard InChI is InChI=1S/C22H23N3O2S/c1-15-4-2-5-16(10-15)11-21(27)25-8-3-6-17(13-25)22-23-19(12-20(26)24-22)18-7-9-28-14-18/h2,4-5,7,9-10,12,14,17H,3,6,8,11,13H2,1H3,(H,23,24,26)/t17-/m1/s1. The summed E-state index contributed by atoms with van der Waals surface area (Å²) in [6.45, 7) is 3.39. The number of amides is 1. The minimum atomic E-state index is -0.144. The first kappa shape index (κ1) is 18.6. The summed E-state index contributed by atoms with van der Waals surface area (Å²) in [7, 11) is 0. The highest BCUT2D eigenvalue weighted by Crippen LogP contribution is 2.26. The second-order valence-electron chi connectivity index (χ2n) is 7.37. The number of piperidine rings is 1. The number of aromatic amines is 1. The first-order valence-electron chi connectivity index (χ1n) is 9.55. The SMILES string of the molecule is Cc1cccc(CC(=O)N2CCC[C@@H](c3nc(-c4ccsc4)cc(=O)[nH]3)C2)c1. The summed E-state index contributed by atoms with van der Waals surface area (Å²) < 4.78 is 0. The van der Waals surface area contributed by atoms with E-state index in [1.807, 2.05) is 46.8 Å². The number of aryl methyl sites for hydroxylation is 1. The van der Waals surface area contributed by atoms with Crippen molar-refractivity contribution < 1.29 is 4.79 Å². The molecule has 1 fully saturated rings. The Labute approximate surface area is 168 Å². The fourth-order valence-electron chi connectivity index (χ4n) is 3.76. The van der Waals surface area contributed by atoms with Crippen LogP contribution in [0, 0.1) is 6.92 Å². The lowest BCUT2D eigenvalue weighted by Crippen LogP contribution is -2.40. The van der Waals surface area contributed by atoms with E-state index < -0.39 is 0 Å². The zero-order chi connectivity index (χ0) is 19.5. The Balaban J connectivity index is 1.51. The molecule has 6 heteroatoms. The third-order valence-corrected chi connectivity index (χ3v) is 5.86. The van der Waals surface area contributed by atoms with Crippen molar-refractivity contribution >= 4 is 17.2 Å². The molecular weight excluding hydrogens is 370 g/mol. The summed E-state index contributed by atoms with van der Waals surface area (Å²) in [6.07, 6.45) is 2.24. The van der Waals surface area contributed by atoms with Gasteiger partial charge in [0.1, 0.15) is 5.82 Å². The van der Waals surface area contributed by atoms with Crippen molar-refractivity contribution in [3.63, 3.8) is 0 Å². The van der Waals surface area contributed by atoms with Gasteiger partial charge in [-0.2, -0.15) is 11.3 Å². The minimum absolute atomic E-state index is 0.0569. The molecule has 0 radical (unpaired) electrons. The average Bonchev–Trinajstić information content (AvgIpc) is 3.22.